The van der Waals surface area contributed by atoms with Gasteiger partial charge in [0.05, 0.1) is 0 Å². The third-order valence-electron chi connectivity index (χ3n) is 2.80. The minimum absolute atomic E-state index is 0.0853. The molecule has 4 N–H and O–H groups in total. The molecule has 0 heterocycles. The Morgan fingerprint density at radius 2 is 1.89 bits per heavy atom. The lowest BCUT2D eigenvalue weighted by Crippen LogP contribution is -2.21. The van der Waals surface area contributed by atoms with E-state index in [1.54, 1.807) is 6.07 Å². The van der Waals surface area contributed by atoms with Crippen molar-refractivity contribution in [2.75, 3.05) is 7.05 Å². The third-order valence-corrected chi connectivity index (χ3v) is 4.23. The first-order chi connectivity index (χ1) is 8.13. The lowest BCUT2D eigenvalue weighted by atomic mass is 9.86. The van der Waals surface area contributed by atoms with E-state index in [0.29, 0.717) is 5.56 Å². The lowest BCUT2D eigenvalue weighted by molar-refractivity contribution is 0.449. The highest BCUT2D eigenvalue weighted by Gasteiger charge is 2.24. The summed E-state index contributed by atoms with van der Waals surface area (Å²) in [7, 11) is -2.39. The third kappa shape index (κ3) is 2.82. The van der Waals surface area contributed by atoms with Gasteiger partial charge in [0.15, 0.2) is 0 Å². The number of phenols is 1. The highest BCUT2D eigenvalue weighted by atomic mass is 32.2. The smallest absolute Gasteiger partial charge is 0.244 e. The van der Waals surface area contributed by atoms with Gasteiger partial charge in [0.25, 0.3) is 0 Å². The van der Waals surface area contributed by atoms with Crippen molar-refractivity contribution < 1.29 is 13.5 Å². The molecule has 0 aliphatic heterocycles. The second-order valence-corrected chi connectivity index (χ2v) is 7.00. The molecule has 18 heavy (non-hydrogen) atoms. The van der Waals surface area contributed by atoms with Crippen LogP contribution in [0.3, 0.4) is 0 Å². The topological polar surface area (TPSA) is 92.4 Å². The van der Waals surface area contributed by atoms with Crippen molar-refractivity contribution in [1.82, 2.24) is 4.72 Å². The first kappa shape index (κ1) is 14.9. The fourth-order valence-corrected chi connectivity index (χ4v) is 2.46. The van der Waals surface area contributed by atoms with Crippen LogP contribution in [0.2, 0.25) is 0 Å². The fourth-order valence-electron chi connectivity index (χ4n) is 1.57. The zero-order chi connectivity index (χ0) is 14.1. The molecule has 0 aliphatic rings. The molecule has 6 heteroatoms. The summed E-state index contributed by atoms with van der Waals surface area (Å²) in [6.07, 6.45) is 0. The first-order valence-electron chi connectivity index (χ1n) is 5.63. The van der Waals surface area contributed by atoms with E-state index in [0.717, 1.165) is 5.56 Å². The Morgan fingerprint density at radius 3 is 2.28 bits per heavy atom. The number of benzene rings is 1. The summed E-state index contributed by atoms with van der Waals surface area (Å²) in [4.78, 5) is -0.127. The standard InChI is InChI=1S/C12H20N2O3S/c1-12(2,3)9-5-8(7-13)11(15)10(6-9)18(16,17)14-4/h5-6,14-15H,7,13H2,1-4H3. The maximum absolute atomic E-state index is 11.9. The predicted octanol–water partition coefficient (Wildman–Crippen LogP) is 1.06. The number of rotatable bonds is 3. The van der Waals surface area contributed by atoms with Crippen molar-refractivity contribution in [3.63, 3.8) is 0 Å². The molecule has 0 amide bonds. The molecule has 0 unspecified atom stereocenters. The molecule has 0 aliphatic carbocycles. The van der Waals surface area contributed by atoms with Gasteiger partial charge in [0, 0.05) is 12.1 Å². The summed E-state index contributed by atoms with van der Waals surface area (Å²) in [6.45, 7) is 5.99. The van der Waals surface area contributed by atoms with Gasteiger partial charge in [-0.2, -0.15) is 0 Å². The Balaban J connectivity index is 3.62. The van der Waals surface area contributed by atoms with Crippen LogP contribution < -0.4 is 10.5 Å². The summed E-state index contributed by atoms with van der Waals surface area (Å²) in [5.74, 6) is -0.278. The number of hydrogen-bond donors (Lipinski definition) is 3. The van der Waals surface area contributed by atoms with E-state index in [1.165, 1.54) is 13.1 Å². The molecule has 1 rings (SSSR count). The van der Waals surface area contributed by atoms with Gasteiger partial charge < -0.3 is 10.8 Å². The Hall–Kier alpha value is -1.11. The minimum Gasteiger partial charge on any atom is -0.506 e. The zero-order valence-corrected chi connectivity index (χ0v) is 11.9. The van der Waals surface area contributed by atoms with Gasteiger partial charge in [-0.25, -0.2) is 13.1 Å². The summed E-state index contributed by atoms with van der Waals surface area (Å²) < 4.78 is 25.9. The lowest BCUT2D eigenvalue weighted by Gasteiger charge is -2.22. The minimum atomic E-state index is -3.70. The molecule has 0 atom stereocenters. The molecular formula is C12H20N2O3S. The van der Waals surface area contributed by atoms with E-state index in [1.807, 2.05) is 20.8 Å². The van der Waals surface area contributed by atoms with Crippen LogP contribution in [0.15, 0.2) is 17.0 Å². The second-order valence-electron chi connectivity index (χ2n) is 5.14. The van der Waals surface area contributed by atoms with Gasteiger partial charge in [-0.05, 0) is 24.1 Å². The maximum atomic E-state index is 11.9. The first-order valence-corrected chi connectivity index (χ1v) is 7.11. The van der Waals surface area contributed by atoms with Crippen molar-refractivity contribution in [1.29, 1.82) is 0 Å². The molecule has 0 spiro atoms. The molecule has 0 bridgehead atoms. The van der Waals surface area contributed by atoms with Crippen molar-refractivity contribution in [3.05, 3.63) is 23.3 Å². The quantitative estimate of drug-likeness (QED) is 0.767. The van der Waals surface area contributed by atoms with Crippen LogP contribution in [0, 0.1) is 0 Å². The summed E-state index contributed by atoms with van der Waals surface area (Å²) in [5, 5.41) is 9.95. The van der Waals surface area contributed by atoms with Gasteiger partial charge >= 0.3 is 0 Å². The largest absolute Gasteiger partial charge is 0.506 e. The Bertz CT molecular complexity index is 545. The van der Waals surface area contributed by atoms with E-state index < -0.39 is 10.0 Å². The van der Waals surface area contributed by atoms with Crippen LogP contribution >= 0.6 is 0 Å². The number of phenolic OH excluding ortho intramolecular Hbond substituents is 1. The molecule has 1 aromatic carbocycles. The second kappa shape index (κ2) is 4.87. The van der Waals surface area contributed by atoms with Crippen molar-refractivity contribution in [3.8, 4) is 5.75 Å². The predicted molar refractivity (Wildman–Crippen MR) is 70.9 cm³/mol. The highest BCUT2D eigenvalue weighted by Crippen LogP contribution is 2.33. The molecule has 0 saturated carbocycles. The highest BCUT2D eigenvalue weighted by molar-refractivity contribution is 7.89. The van der Waals surface area contributed by atoms with E-state index in [4.69, 9.17) is 5.73 Å². The Labute approximate surface area is 108 Å². The molecule has 0 radical (unpaired) electrons. The van der Waals surface area contributed by atoms with Crippen molar-refractivity contribution >= 4 is 10.0 Å². The van der Waals surface area contributed by atoms with Crippen LogP contribution in [0.1, 0.15) is 31.9 Å². The number of nitrogens with two attached hydrogens (primary N) is 1. The molecule has 0 fully saturated rings. The van der Waals surface area contributed by atoms with Gasteiger partial charge in [0.2, 0.25) is 10.0 Å². The van der Waals surface area contributed by atoms with Crippen LogP contribution in [0.25, 0.3) is 0 Å². The van der Waals surface area contributed by atoms with E-state index in [9.17, 15) is 13.5 Å². The average molecular weight is 272 g/mol. The number of sulfonamides is 1. The van der Waals surface area contributed by atoms with Crippen molar-refractivity contribution in [2.24, 2.45) is 5.73 Å². The van der Waals surface area contributed by atoms with Gasteiger partial charge in [0.1, 0.15) is 10.6 Å². The van der Waals surface area contributed by atoms with Crippen LogP contribution in [0.4, 0.5) is 0 Å². The van der Waals surface area contributed by atoms with Gasteiger partial charge in [-0.3, -0.25) is 0 Å². The zero-order valence-electron chi connectivity index (χ0n) is 11.1. The fraction of sp³-hybridized carbons (Fsp3) is 0.500. The van der Waals surface area contributed by atoms with Crippen LogP contribution in [-0.2, 0) is 22.0 Å². The van der Waals surface area contributed by atoms with E-state index in [2.05, 4.69) is 4.72 Å². The Morgan fingerprint density at radius 1 is 1.33 bits per heavy atom. The summed E-state index contributed by atoms with van der Waals surface area (Å²) >= 11 is 0. The van der Waals surface area contributed by atoms with Gasteiger partial charge in [-0.15, -0.1) is 0 Å². The number of aromatic hydroxyl groups is 1. The van der Waals surface area contributed by atoms with E-state index >= 15 is 0 Å². The number of hydrogen-bond acceptors (Lipinski definition) is 4. The summed E-state index contributed by atoms with van der Waals surface area (Å²) in [5.41, 5.74) is 6.56. The van der Waals surface area contributed by atoms with E-state index in [-0.39, 0.29) is 22.6 Å². The molecular weight excluding hydrogens is 252 g/mol. The molecule has 1 aromatic rings. The molecule has 5 nitrogen and oxygen atoms in total. The number of nitrogens with one attached hydrogen (secondary N) is 1. The van der Waals surface area contributed by atoms with Crippen LogP contribution in [-0.4, -0.2) is 20.6 Å². The van der Waals surface area contributed by atoms with Gasteiger partial charge in [-0.1, -0.05) is 26.8 Å². The molecule has 102 valence electrons. The normalized spacial score (nSPS) is 12.7. The van der Waals surface area contributed by atoms with Crippen LogP contribution in [0.5, 0.6) is 5.75 Å². The SMILES string of the molecule is CNS(=O)(=O)c1cc(C(C)(C)C)cc(CN)c1O. The van der Waals surface area contributed by atoms with Crippen molar-refractivity contribution in [2.45, 2.75) is 37.6 Å². The molecule has 0 saturated heterocycles. The molecule has 0 aromatic heterocycles. The monoisotopic (exact) mass is 272 g/mol. The summed E-state index contributed by atoms with van der Waals surface area (Å²) in [6, 6.07) is 3.23. The Kier molecular flexibility index (Phi) is 4.05. The average Bonchev–Trinajstić information content (AvgIpc) is 2.27. The maximum Gasteiger partial charge on any atom is 0.244 e.